The lowest BCUT2D eigenvalue weighted by molar-refractivity contribution is -0.164. The van der Waals surface area contributed by atoms with Crippen molar-refractivity contribution < 1.29 is 32.7 Å². The molecule has 0 aromatic heterocycles. The van der Waals surface area contributed by atoms with E-state index in [0.29, 0.717) is 0 Å². The predicted octanol–water partition coefficient (Wildman–Crippen LogP) is 0.511. The summed E-state index contributed by atoms with van der Waals surface area (Å²) < 4.78 is 39.3. The molecule has 1 N–H and O–H groups in total. The van der Waals surface area contributed by atoms with Gasteiger partial charge in [0, 0.05) is 0 Å². The number of ketones is 1. The highest BCUT2D eigenvalue weighted by molar-refractivity contribution is 6.65. The van der Waals surface area contributed by atoms with Crippen LogP contribution in [0.1, 0.15) is 6.92 Å². The average Bonchev–Trinajstić information content (AvgIpc) is 2.04. The predicted molar refractivity (Wildman–Crippen MR) is 36.9 cm³/mol. The molecular formula is C6H6F3NO4. The van der Waals surface area contributed by atoms with Crippen molar-refractivity contribution in [1.29, 1.82) is 0 Å². The third-order valence-electron chi connectivity index (χ3n) is 1.04. The number of nitrogens with zero attached hydrogens (tertiary/aromatic N) is 1. The molecule has 0 fully saturated rings. The second kappa shape index (κ2) is 4.58. The Labute approximate surface area is 76.1 Å². The number of rotatable bonds is 3. The van der Waals surface area contributed by atoms with E-state index in [4.69, 9.17) is 5.21 Å². The summed E-state index contributed by atoms with van der Waals surface area (Å²) in [4.78, 5) is 21.0. The summed E-state index contributed by atoms with van der Waals surface area (Å²) in [7, 11) is 0. The summed E-state index contributed by atoms with van der Waals surface area (Å²) in [5, 5.41) is 9.97. The standard InChI is InChI=1S/C6H6F3NO4/c1-2-14-5(12)3(10-13)4(11)6(7,8)9/h13H,2H2,1H3/b10-3+. The van der Waals surface area contributed by atoms with E-state index in [1.54, 1.807) is 0 Å². The van der Waals surface area contributed by atoms with Gasteiger partial charge in [-0.3, -0.25) is 4.79 Å². The lowest BCUT2D eigenvalue weighted by Gasteiger charge is -2.05. The Morgan fingerprint density at radius 1 is 1.43 bits per heavy atom. The number of carbonyl (C=O) groups is 2. The lowest BCUT2D eigenvalue weighted by Crippen LogP contribution is -2.36. The maximum atomic E-state index is 11.7. The first-order chi connectivity index (χ1) is 6.34. The van der Waals surface area contributed by atoms with Crippen molar-refractivity contribution in [2.45, 2.75) is 13.1 Å². The number of hydrogen-bond acceptors (Lipinski definition) is 5. The van der Waals surface area contributed by atoms with E-state index in [0.717, 1.165) is 0 Å². The number of carbonyl (C=O) groups excluding carboxylic acids is 2. The highest BCUT2D eigenvalue weighted by Crippen LogP contribution is 2.17. The molecule has 0 heterocycles. The zero-order valence-corrected chi connectivity index (χ0v) is 6.96. The molecule has 0 saturated heterocycles. The van der Waals surface area contributed by atoms with Crippen LogP contribution in [-0.2, 0) is 14.3 Å². The topological polar surface area (TPSA) is 76.0 Å². The average molecular weight is 213 g/mol. The first kappa shape index (κ1) is 12.4. The molecule has 80 valence electrons. The van der Waals surface area contributed by atoms with Gasteiger partial charge in [-0.25, -0.2) is 4.79 Å². The van der Waals surface area contributed by atoms with Crippen LogP contribution in [0.5, 0.6) is 0 Å². The van der Waals surface area contributed by atoms with Crippen LogP contribution in [0.3, 0.4) is 0 Å². The van der Waals surface area contributed by atoms with Crippen molar-refractivity contribution in [2.75, 3.05) is 6.61 Å². The number of hydrogen-bond donors (Lipinski definition) is 1. The van der Waals surface area contributed by atoms with E-state index in [2.05, 4.69) is 4.74 Å². The minimum Gasteiger partial charge on any atom is -0.461 e. The molecule has 8 heteroatoms. The first-order valence-corrected chi connectivity index (χ1v) is 3.35. The van der Waals surface area contributed by atoms with E-state index in [1.807, 2.05) is 5.16 Å². The number of Topliss-reactive ketones (excluding diaryl/α,β-unsaturated/α-hetero) is 1. The van der Waals surface area contributed by atoms with E-state index in [9.17, 15) is 22.8 Å². The molecule has 0 aromatic carbocycles. The fourth-order valence-electron chi connectivity index (χ4n) is 0.513. The van der Waals surface area contributed by atoms with Gasteiger partial charge in [-0.15, -0.1) is 0 Å². The Bertz CT molecular complexity index is 271. The molecule has 0 aliphatic rings. The Morgan fingerprint density at radius 3 is 2.21 bits per heavy atom. The molecule has 0 atom stereocenters. The molecule has 0 aliphatic carbocycles. The Morgan fingerprint density at radius 2 is 1.93 bits per heavy atom. The van der Waals surface area contributed by atoms with Gasteiger partial charge < -0.3 is 9.94 Å². The molecular weight excluding hydrogens is 207 g/mol. The van der Waals surface area contributed by atoms with Crippen molar-refractivity contribution in [1.82, 2.24) is 0 Å². The summed E-state index contributed by atoms with van der Waals surface area (Å²) in [6.07, 6.45) is -5.27. The SMILES string of the molecule is CCOC(=O)/C(=N/O)C(=O)C(F)(F)F. The van der Waals surface area contributed by atoms with Crippen LogP contribution >= 0.6 is 0 Å². The highest BCUT2D eigenvalue weighted by atomic mass is 19.4. The van der Waals surface area contributed by atoms with Gasteiger partial charge in [0.1, 0.15) is 0 Å². The smallest absolute Gasteiger partial charge is 0.456 e. The Balaban J connectivity index is 4.77. The molecule has 0 spiro atoms. The monoisotopic (exact) mass is 213 g/mol. The minimum absolute atomic E-state index is 0.233. The van der Waals surface area contributed by atoms with Crippen molar-refractivity contribution in [3.05, 3.63) is 0 Å². The summed E-state index contributed by atoms with van der Waals surface area (Å²) in [5.74, 6) is -4.16. The van der Waals surface area contributed by atoms with Crippen molar-refractivity contribution in [3.8, 4) is 0 Å². The zero-order chi connectivity index (χ0) is 11.4. The van der Waals surface area contributed by atoms with Crippen LogP contribution in [0.25, 0.3) is 0 Å². The van der Waals surface area contributed by atoms with Crippen LogP contribution < -0.4 is 0 Å². The van der Waals surface area contributed by atoms with E-state index in [-0.39, 0.29) is 6.61 Å². The molecule has 5 nitrogen and oxygen atoms in total. The molecule has 0 saturated carbocycles. The second-order valence-corrected chi connectivity index (χ2v) is 2.00. The van der Waals surface area contributed by atoms with Crippen molar-refractivity contribution in [3.63, 3.8) is 0 Å². The molecule has 0 amide bonds. The van der Waals surface area contributed by atoms with Crippen molar-refractivity contribution >= 4 is 17.5 Å². The maximum absolute atomic E-state index is 11.7. The number of halogens is 3. The summed E-state index contributed by atoms with van der Waals surface area (Å²) in [6.45, 7) is 1.09. The third-order valence-corrected chi connectivity index (χ3v) is 1.04. The van der Waals surface area contributed by atoms with Gasteiger partial charge in [0.25, 0.3) is 5.78 Å². The third kappa shape index (κ3) is 3.04. The van der Waals surface area contributed by atoms with Gasteiger partial charge in [-0.2, -0.15) is 13.2 Å². The molecule has 14 heavy (non-hydrogen) atoms. The molecule has 0 bridgehead atoms. The van der Waals surface area contributed by atoms with Gasteiger partial charge in [-0.05, 0) is 6.92 Å². The summed E-state index contributed by atoms with van der Waals surface area (Å²) in [6, 6.07) is 0. The van der Waals surface area contributed by atoms with Gasteiger partial charge in [0.2, 0.25) is 5.71 Å². The van der Waals surface area contributed by atoms with E-state index >= 15 is 0 Å². The molecule has 0 unspecified atom stereocenters. The summed E-state index contributed by atoms with van der Waals surface area (Å²) >= 11 is 0. The Hall–Kier alpha value is -1.60. The fraction of sp³-hybridized carbons (Fsp3) is 0.500. The molecule has 0 aromatic rings. The second-order valence-electron chi connectivity index (χ2n) is 2.00. The quantitative estimate of drug-likeness (QED) is 0.243. The number of oxime groups is 1. The van der Waals surface area contributed by atoms with Crippen LogP contribution in [0, 0.1) is 0 Å². The molecule has 0 radical (unpaired) electrons. The van der Waals surface area contributed by atoms with Crippen molar-refractivity contribution in [2.24, 2.45) is 5.16 Å². The van der Waals surface area contributed by atoms with Crippen LogP contribution in [-0.4, -0.2) is 35.5 Å². The van der Waals surface area contributed by atoms with Gasteiger partial charge >= 0.3 is 12.1 Å². The van der Waals surface area contributed by atoms with E-state index in [1.165, 1.54) is 6.92 Å². The molecule has 0 aliphatic heterocycles. The van der Waals surface area contributed by atoms with E-state index < -0.39 is 23.6 Å². The van der Waals surface area contributed by atoms with Crippen LogP contribution in [0.2, 0.25) is 0 Å². The van der Waals surface area contributed by atoms with Gasteiger partial charge in [0.05, 0.1) is 6.61 Å². The van der Waals surface area contributed by atoms with Crippen LogP contribution in [0.15, 0.2) is 5.16 Å². The number of esters is 1. The minimum atomic E-state index is -5.27. The van der Waals surface area contributed by atoms with Crippen LogP contribution in [0.4, 0.5) is 13.2 Å². The normalized spacial score (nSPS) is 12.4. The largest absolute Gasteiger partial charge is 0.461 e. The maximum Gasteiger partial charge on any atom is 0.456 e. The highest BCUT2D eigenvalue weighted by Gasteiger charge is 2.45. The zero-order valence-electron chi connectivity index (χ0n) is 6.96. The summed E-state index contributed by atoms with van der Waals surface area (Å²) in [5.41, 5.74) is -1.68. The lowest BCUT2D eigenvalue weighted by atomic mass is 10.2. The Kier molecular flexibility index (Phi) is 4.06. The number of ether oxygens (including phenoxy) is 1. The number of alkyl halides is 3. The van der Waals surface area contributed by atoms with Gasteiger partial charge in [0.15, 0.2) is 0 Å². The first-order valence-electron chi connectivity index (χ1n) is 3.35. The molecule has 0 rings (SSSR count). The van der Waals surface area contributed by atoms with Gasteiger partial charge in [-0.1, -0.05) is 5.16 Å². The fourth-order valence-corrected chi connectivity index (χ4v) is 0.513.